The maximum Gasteiger partial charge on any atom is 0.253 e. The summed E-state index contributed by atoms with van der Waals surface area (Å²) in [5, 5.41) is 3.14. The van der Waals surface area contributed by atoms with Crippen LogP contribution in [0.1, 0.15) is 22.8 Å². The minimum Gasteiger partial charge on any atom is -0.336 e. The van der Waals surface area contributed by atoms with Gasteiger partial charge in [0.2, 0.25) is 5.91 Å². The lowest BCUT2D eigenvalue weighted by Gasteiger charge is -2.34. The van der Waals surface area contributed by atoms with Crippen LogP contribution in [0.4, 0.5) is 5.69 Å². The maximum atomic E-state index is 12.8. The van der Waals surface area contributed by atoms with Crippen molar-refractivity contribution in [3.8, 4) is 0 Å². The first-order valence-electron chi connectivity index (χ1n) is 9.77. The van der Waals surface area contributed by atoms with Gasteiger partial charge in [0.1, 0.15) is 0 Å². The average Bonchev–Trinajstić information content (AvgIpc) is 2.73. The highest BCUT2D eigenvalue weighted by molar-refractivity contribution is 7.81. The number of amides is 2. The molecule has 1 saturated heterocycles. The zero-order valence-corrected chi connectivity index (χ0v) is 18.1. The van der Waals surface area contributed by atoms with Crippen LogP contribution in [-0.4, -0.2) is 59.6 Å². The van der Waals surface area contributed by atoms with Crippen LogP contribution in [0.25, 0.3) is 0 Å². The number of nitrogens with one attached hydrogen (secondary N) is 1. The number of piperazine rings is 1. The Morgan fingerprint density at radius 1 is 1.03 bits per heavy atom. The van der Waals surface area contributed by atoms with Gasteiger partial charge in [-0.1, -0.05) is 23.7 Å². The zero-order chi connectivity index (χ0) is 20.8. The van der Waals surface area contributed by atoms with E-state index in [-0.39, 0.29) is 17.1 Å². The number of hydrogen-bond donors (Lipinski definition) is 2. The Balaban J connectivity index is 1.46. The summed E-state index contributed by atoms with van der Waals surface area (Å²) in [5.41, 5.74) is 2.57. The molecule has 154 valence electrons. The van der Waals surface area contributed by atoms with Gasteiger partial charge in [-0.05, 0) is 55.3 Å². The standard InChI is InChI=1S/C22H26ClN3O2S/c1-16(29)21(27)24-20-8-4-18(5-9-20)22(28)26-14-12-25(13-15-26)11-10-17-2-6-19(23)7-3-17/h2-9,16,29H,10-15H2,1H3,(H,24,27). The van der Waals surface area contributed by atoms with Crippen LogP contribution in [0.3, 0.4) is 0 Å². The van der Waals surface area contributed by atoms with Gasteiger partial charge in [-0.25, -0.2) is 0 Å². The SMILES string of the molecule is CC(S)C(=O)Nc1ccc(C(=O)N2CCN(CCc3ccc(Cl)cc3)CC2)cc1. The third kappa shape index (κ3) is 6.23. The second-order valence-electron chi connectivity index (χ2n) is 7.25. The van der Waals surface area contributed by atoms with E-state index in [1.54, 1.807) is 31.2 Å². The average molecular weight is 432 g/mol. The van der Waals surface area contributed by atoms with Gasteiger partial charge in [0, 0.05) is 49.0 Å². The second kappa shape index (κ2) is 10.1. The molecule has 1 aliphatic rings. The quantitative estimate of drug-likeness (QED) is 0.687. The molecule has 0 saturated carbocycles. The summed E-state index contributed by atoms with van der Waals surface area (Å²) in [5.74, 6) is -0.134. The Hall–Kier alpha value is -2.02. The van der Waals surface area contributed by atoms with E-state index < -0.39 is 0 Å². The number of nitrogens with zero attached hydrogens (tertiary/aromatic N) is 2. The summed E-state index contributed by atoms with van der Waals surface area (Å²) in [6.07, 6.45) is 0.975. The van der Waals surface area contributed by atoms with Crippen molar-refractivity contribution in [2.45, 2.75) is 18.6 Å². The van der Waals surface area contributed by atoms with Crippen molar-refractivity contribution < 1.29 is 9.59 Å². The lowest BCUT2D eigenvalue weighted by molar-refractivity contribution is -0.115. The highest BCUT2D eigenvalue weighted by Gasteiger charge is 2.22. The molecule has 3 rings (SSSR count). The van der Waals surface area contributed by atoms with Crippen LogP contribution in [0.2, 0.25) is 5.02 Å². The van der Waals surface area contributed by atoms with Gasteiger partial charge in [0.05, 0.1) is 5.25 Å². The zero-order valence-electron chi connectivity index (χ0n) is 16.5. The molecule has 1 heterocycles. The molecule has 1 atom stereocenters. The fourth-order valence-electron chi connectivity index (χ4n) is 3.24. The molecule has 0 aliphatic carbocycles. The van der Waals surface area contributed by atoms with Crippen LogP contribution in [0, 0.1) is 0 Å². The number of rotatable bonds is 6. The van der Waals surface area contributed by atoms with E-state index in [4.69, 9.17) is 11.6 Å². The van der Waals surface area contributed by atoms with E-state index in [1.807, 2.05) is 17.0 Å². The van der Waals surface area contributed by atoms with E-state index in [1.165, 1.54) is 5.56 Å². The minimum absolute atomic E-state index is 0.0304. The first-order chi connectivity index (χ1) is 13.9. The monoisotopic (exact) mass is 431 g/mol. The number of halogens is 1. The Morgan fingerprint density at radius 2 is 1.66 bits per heavy atom. The molecule has 2 aromatic carbocycles. The predicted octanol–water partition coefficient (Wildman–Crippen LogP) is 3.60. The lowest BCUT2D eigenvalue weighted by atomic mass is 10.1. The summed E-state index contributed by atoms with van der Waals surface area (Å²) in [4.78, 5) is 28.7. The topological polar surface area (TPSA) is 52.7 Å². The van der Waals surface area contributed by atoms with E-state index in [0.29, 0.717) is 11.3 Å². The molecule has 29 heavy (non-hydrogen) atoms. The summed E-state index contributed by atoms with van der Waals surface area (Å²) in [7, 11) is 0. The minimum atomic E-state index is -0.382. The molecule has 1 aliphatic heterocycles. The van der Waals surface area contributed by atoms with Gasteiger partial charge in [0.25, 0.3) is 5.91 Å². The Kier molecular flexibility index (Phi) is 7.58. The van der Waals surface area contributed by atoms with Crippen molar-refractivity contribution >= 4 is 41.7 Å². The van der Waals surface area contributed by atoms with Crippen LogP contribution in [-0.2, 0) is 11.2 Å². The third-order valence-electron chi connectivity index (χ3n) is 5.07. The largest absolute Gasteiger partial charge is 0.336 e. The maximum absolute atomic E-state index is 12.8. The molecule has 2 aromatic rings. The number of carbonyl (C=O) groups excluding carboxylic acids is 2. The molecule has 7 heteroatoms. The number of thiol groups is 1. The Morgan fingerprint density at radius 3 is 2.24 bits per heavy atom. The molecular formula is C22H26ClN3O2S. The van der Waals surface area contributed by atoms with Gasteiger partial charge >= 0.3 is 0 Å². The number of anilines is 1. The summed E-state index contributed by atoms with van der Waals surface area (Å²) < 4.78 is 0. The van der Waals surface area contributed by atoms with E-state index in [9.17, 15) is 9.59 Å². The van der Waals surface area contributed by atoms with Crippen molar-refractivity contribution in [3.63, 3.8) is 0 Å². The van der Waals surface area contributed by atoms with E-state index >= 15 is 0 Å². The number of benzene rings is 2. The summed E-state index contributed by atoms with van der Waals surface area (Å²) >= 11 is 10.0. The molecule has 0 bridgehead atoms. The smallest absolute Gasteiger partial charge is 0.253 e. The van der Waals surface area contributed by atoms with Crippen molar-refractivity contribution in [3.05, 3.63) is 64.7 Å². The van der Waals surface area contributed by atoms with Gasteiger partial charge in [-0.3, -0.25) is 14.5 Å². The number of hydrogen-bond acceptors (Lipinski definition) is 4. The van der Waals surface area contributed by atoms with Gasteiger partial charge < -0.3 is 10.2 Å². The third-order valence-corrected chi connectivity index (χ3v) is 5.55. The van der Waals surface area contributed by atoms with Crippen LogP contribution < -0.4 is 5.32 Å². The molecule has 1 unspecified atom stereocenters. The fourth-order valence-corrected chi connectivity index (χ4v) is 3.43. The van der Waals surface area contributed by atoms with Crippen LogP contribution in [0.5, 0.6) is 0 Å². The molecule has 0 aromatic heterocycles. The summed E-state index contributed by atoms with van der Waals surface area (Å²) in [6, 6.07) is 15.0. The van der Waals surface area contributed by atoms with Crippen molar-refractivity contribution in [1.29, 1.82) is 0 Å². The lowest BCUT2D eigenvalue weighted by Crippen LogP contribution is -2.49. The molecular weight excluding hydrogens is 406 g/mol. The molecule has 2 amide bonds. The van der Waals surface area contributed by atoms with Gasteiger partial charge in [-0.2, -0.15) is 12.6 Å². The molecule has 1 fully saturated rings. The van der Waals surface area contributed by atoms with Crippen molar-refractivity contribution in [2.75, 3.05) is 38.0 Å². The normalized spacial score (nSPS) is 15.8. The molecule has 0 spiro atoms. The molecule has 5 nitrogen and oxygen atoms in total. The van der Waals surface area contributed by atoms with Crippen molar-refractivity contribution in [2.24, 2.45) is 0 Å². The Labute approximate surface area is 182 Å². The van der Waals surface area contributed by atoms with Crippen LogP contribution >= 0.6 is 24.2 Å². The van der Waals surface area contributed by atoms with Crippen molar-refractivity contribution in [1.82, 2.24) is 9.80 Å². The Bertz CT molecular complexity index is 832. The number of carbonyl (C=O) groups is 2. The van der Waals surface area contributed by atoms with Crippen LogP contribution in [0.15, 0.2) is 48.5 Å². The molecule has 1 N–H and O–H groups in total. The van der Waals surface area contributed by atoms with E-state index in [0.717, 1.165) is 44.2 Å². The summed E-state index contributed by atoms with van der Waals surface area (Å²) in [6.45, 7) is 5.86. The van der Waals surface area contributed by atoms with Gasteiger partial charge in [-0.15, -0.1) is 0 Å². The second-order valence-corrected chi connectivity index (χ2v) is 8.46. The fraction of sp³-hybridized carbons (Fsp3) is 0.364. The van der Waals surface area contributed by atoms with E-state index in [2.05, 4.69) is 35.0 Å². The highest BCUT2D eigenvalue weighted by atomic mass is 35.5. The first kappa shape index (κ1) is 21.7. The molecule has 0 radical (unpaired) electrons. The highest BCUT2D eigenvalue weighted by Crippen LogP contribution is 2.15. The first-order valence-corrected chi connectivity index (χ1v) is 10.7. The van der Waals surface area contributed by atoms with Gasteiger partial charge in [0.15, 0.2) is 0 Å². The predicted molar refractivity (Wildman–Crippen MR) is 121 cm³/mol.